The number of methoxy groups -OCH3 is 1. The summed E-state index contributed by atoms with van der Waals surface area (Å²) in [5.41, 5.74) is 0.771. The molecule has 0 saturated heterocycles. The Labute approximate surface area is 156 Å². The lowest BCUT2D eigenvalue weighted by Gasteiger charge is -2.16. The van der Waals surface area contributed by atoms with Crippen molar-refractivity contribution in [1.82, 2.24) is 5.32 Å². The van der Waals surface area contributed by atoms with Crippen LogP contribution in [0.2, 0.25) is 0 Å². The predicted octanol–water partition coefficient (Wildman–Crippen LogP) is 3.26. The Balaban J connectivity index is 1.77. The summed E-state index contributed by atoms with van der Waals surface area (Å²) in [4.78, 5) is 23.1. The normalized spacial score (nSPS) is 14.0. The van der Waals surface area contributed by atoms with Crippen molar-refractivity contribution in [1.29, 1.82) is 0 Å². The fourth-order valence-electron chi connectivity index (χ4n) is 2.79. The van der Waals surface area contributed by atoms with E-state index in [1.54, 1.807) is 0 Å². The molecule has 1 atom stereocenters. The highest BCUT2D eigenvalue weighted by Gasteiger charge is 2.20. The van der Waals surface area contributed by atoms with Crippen LogP contribution >= 0.6 is 0 Å². The van der Waals surface area contributed by atoms with Crippen LogP contribution in [0.1, 0.15) is 35.3 Å². The SMILES string of the molecule is COc1ccc(C(=O)NC(C)c2ccc3c(c2)OCCCO3)cc1[N+](=O)[O-]. The van der Waals surface area contributed by atoms with Crippen molar-refractivity contribution >= 4 is 11.6 Å². The van der Waals surface area contributed by atoms with Crippen LogP contribution in [0, 0.1) is 10.1 Å². The maximum atomic E-state index is 12.5. The fraction of sp³-hybridized carbons (Fsp3) is 0.316. The van der Waals surface area contributed by atoms with E-state index in [0.29, 0.717) is 24.7 Å². The molecule has 0 aromatic heterocycles. The zero-order valence-electron chi connectivity index (χ0n) is 15.1. The van der Waals surface area contributed by atoms with E-state index in [1.165, 1.54) is 25.3 Å². The lowest BCUT2D eigenvalue weighted by Crippen LogP contribution is -2.26. The summed E-state index contributed by atoms with van der Waals surface area (Å²) in [6, 6.07) is 9.28. The number of rotatable bonds is 5. The van der Waals surface area contributed by atoms with Gasteiger partial charge in [0.05, 0.1) is 31.3 Å². The van der Waals surface area contributed by atoms with Crippen molar-refractivity contribution in [3.8, 4) is 17.2 Å². The number of amides is 1. The van der Waals surface area contributed by atoms with E-state index in [1.807, 2.05) is 25.1 Å². The van der Waals surface area contributed by atoms with Crippen LogP contribution in [-0.4, -0.2) is 31.2 Å². The van der Waals surface area contributed by atoms with Gasteiger partial charge in [0.15, 0.2) is 17.2 Å². The van der Waals surface area contributed by atoms with Gasteiger partial charge >= 0.3 is 5.69 Å². The number of nitro groups is 1. The Morgan fingerprint density at radius 3 is 2.63 bits per heavy atom. The van der Waals surface area contributed by atoms with Crippen molar-refractivity contribution in [2.75, 3.05) is 20.3 Å². The quantitative estimate of drug-likeness (QED) is 0.639. The van der Waals surface area contributed by atoms with Crippen LogP contribution in [0.25, 0.3) is 0 Å². The van der Waals surface area contributed by atoms with Crippen LogP contribution in [0.15, 0.2) is 36.4 Å². The van der Waals surface area contributed by atoms with Crippen LogP contribution < -0.4 is 19.5 Å². The van der Waals surface area contributed by atoms with Gasteiger partial charge in [-0.25, -0.2) is 0 Å². The molecule has 0 spiro atoms. The highest BCUT2D eigenvalue weighted by molar-refractivity contribution is 5.95. The van der Waals surface area contributed by atoms with Gasteiger partial charge in [0.2, 0.25) is 0 Å². The minimum Gasteiger partial charge on any atom is -0.490 e. The molecule has 8 nitrogen and oxygen atoms in total. The van der Waals surface area contributed by atoms with E-state index in [4.69, 9.17) is 14.2 Å². The van der Waals surface area contributed by atoms with Gasteiger partial charge in [0.1, 0.15) is 0 Å². The molecular formula is C19H20N2O6. The summed E-state index contributed by atoms with van der Waals surface area (Å²) in [6.45, 7) is 3.01. The third-order valence-corrected chi connectivity index (χ3v) is 4.26. The molecule has 0 aliphatic carbocycles. The van der Waals surface area contributed by atoms with E-state index in [0.717, 1.165) is 12.0 Å². The molecule has 1 aliphatic rings. The molecule has 0 fully saturated rings. The van der Waals surface area contributed by atoms with Gasteiger partial charge < -0.3 is 19.5 Å². The maximum Gasteiger partial charge on any atom is 0.311 e. The Morgan fingerprint density at radius 1 is 1.19 bits per heavy atom. The molecule has 3 rings (SSSR count). The second kappa shape index (κ2) is 7.94. The molecule has 1 N–H and O–H groups in total. The standard InChI is InChI=1S/C19H20N2O6/c1-12(13-4-7-17-18(11-13)27-9-3-8-26-17)20-19(22)14-5-6-16(25-2)15(10-14)21(23)24/h4-7,10-12H,3,8-9H2,1-2H3,(H,20,22). The molecule has 8 heteroatoms. The van der Waals surface area contributed by atoms with Gasteiger partial charge in [-0.05, 0) is 36.8 Å². The third-order valence-electron chi connectivity index (χ3n) is 4.26. The highest BCUT2D eigenvalue weighted by atomic mass is 16.6. The number of nitrogens with one attached hydrogen (secondary N) is 1. The predicted molar refractivity (Wildman–Crippen MR) is 97.6 cm³/mol. The van der Waals surface area contributed by atoms with Crippen molar-refractivity contribution in [3.63, 3.8) is 0 Å². The molecule has 1 heterocycles. The van der Waals surface area contributed by atoms with Gasteiger partial charge in [0.25, 0.3) is 5.91 Å². The Kier molecular flexibility index (Phi) is 5.44. The molecular weight excluding hydrogens is 352 g/mol. The first-order valence-corrected chi connectivity index (χ1v) is 8.52. The summed E-state index contributed by atoms with van der Waals surface area (Å²) >= 11 is 0. The van der Waals surface area contributed by atoms with Gasteiger partial charge in [-0.15, -0.1) is 0 Å². The summed E-state index contributed by atoms with van der Waals surface area (Å²) in [5, 5.41) is 14.0. The first-order valence-electron chi connectivity index (χ1n) is 8.52. The van der Waals surface area contributed by atoms with Crippen LogP contribution in [0.4, 0.5) is 5.69 Å². The lowest BCUT2D eigenvalue weighted by molar-refractivity contribution is -0.385. The molecule has 1 unspecified atom stereocenters. The number of benzene rings is 2. The smallest absolute Gasteiger partial charge is 0.311 e. The molecule has 0 bridgehead atoms. The molecule has 2 aromatic carbocycles. The molecule has 27 heavy (non-hydrogen) atoms. The van der Waals surface area contributed by atoms with Crippen LogP contribution in [0.5, 0.6) is 17.2 Å². The van der Waals surface area contributed by atoms with Gasteiger partial charge in [-0.2, -0.15) is 0 Å². The van der Waals surface area contributed by atoms with Crippen molar-refractivity contribution in [2.24, 2.45) is 0 Å². The van der Waals surface area contributed by atoms with Gasteiger partial charge in [-0.3, -0.25) is 14.9 Å². The largest absolute Gasteiger partial charge is 0.490 e. The number of nitro benzene ring substituents is 1. The summed E-state index contributed by atoms with van der Waals surface area (Å²) in [7, 11) is 1.34. The lowest BCUT2D eigenvalue weighted by atomic mass is 10.1. The van der Waals surface area contributed by atoms with Gasteiger partial charge in [0, 0.05) is 18.1 Å². The molecule has 0 saturated carbocycles. The Hall–Kier alpha value is -3.29. The Bertz CT molecular complexity index is 867. The minimum atomic E-state index is -0.581. The van der Waals surface area contributed by atoms with E-state index in [-0.39, 0.29) is 23.0 Å². The monoisotopic (exact) mass is 372 g/mol. The highest BCUT2D eigenvalue weighted by Crippen LogP contribution is 2.32. The minimum absolute atomic E-state index is 0.104. The van der Waals surface area contributed by atoms with E-state index >= 15 is 0 Å². The first-order chi connectivity index (χ1) is 13.0. The Morgan fingerprint density at radius 2 is 1.93 bits per heavy atom. The molecule has 142 valence electrons. The molecule has 2 aromatic rings. The summed E-state index contributed by atoms with van der Waals surface area (Å²) in [5.74, 6) is 1.01. The molecule has 1 amide bonds. The number of nitrogens with zero attached hydrogens (tertiary/aromatic N) is 1. The van der Waals surface area contributed by atoms with Crippen LogP contribution in [-0.2, 0) is 0 Å². The van der Waals surface area contributed by atoms with Crippen molar-refractivity contribution < 1.29 is 23.9 Å². The number of ether oxygens (including phenoxy) is 3. The average molecular weight is 372 g/mol. The zero-order valence-corrected chi connectivity index (χ0v) is 15.1. The number of carbonyl (C=O) groups excluding carboxylic acids is 1. The average Bonchev–Trinajstić information content (AvgIpc) is 2.92. The number of fused-ring (bicyclic) bond motifs is 1. The first kappa shape index (κ1) is 18.5. The number of hydrogen-bond acceptors (Lipinski definition) is 6. The van der Waals surface area contributed by atoms with Gasteiger partial charge in [-0.1, -0.05) is 6.07 Å². The summed E-state index contributed by atoms with van der Waals surface area (Å²) in [6.07, 6.45) is 0.812. The summed E-state index contributed by atoms with van der Waals surface area (Å²) < 4.78 is 16.2. The maximum absolute atomic E-state index is 12.5. The third kappa shape index (κ3) is 4.11. The number of carbonyl (C=O) groups is 1. The second-order valence-corrected chi connectivity index (χ2v) is 6.10. The van der Waals surface area contributed by atoms with Crippen molar-refractivity contribution in [3.05, 3.63) is 57.6 Å². The van der Waals surface area contributed by atoms with Crippen LogP contribution in [0.3, 0.4) is 0 Å². The number of hydrogen-bond donors (Lipinski definition) is 1. The van der Waals surface area contributed by atoms with E-state index < -0.39 is 10.8 Å². The topological polar surface area (TPSA) is 99.9 Å². The second-order valence-electron chi connectivity index (χ2n) is 6.10. The molecule has 1 aliphatic heterocycles. The zero-order chi connectivity index (χ0) is 19.4. The molecule has 0 radical (unpaired) electrons. The van der Waals surface area contributed by atoms with E-state index in [9.17, 15) is 14.9 Å². The van der Waals surface area contributed by atoms with E-state index in [2.05, 4.69) is 5.32 Å². The van der Waals surface area contributed by atoms with Crippen molar-refractivity contribution in [2.45, 2.75) is 19.4 Å². The fourth-order valence-corrected chi connectivity index (χ4v) is 2.79.